The smallest absolute Gasteiger partial charge is 0.324 e. The maximum Gasteiger partial charge on any atom is 0.324 e. The summed E-state index contributed by atoms with van der Waals surface area (Å²) in [6.07, 6.45) is 1.31. The maximum atomic E-state index is 12.4. The molecule has 1 aromatic carbocycles. The van der Waals surface area contributed by atoms with Crippen molar-refractivity contribution in [1.82, 2.24) is 4.90 Å². The summed E-state index contributed by atoms with van der Waals surface area (Å²) in [4.78, 5) is 26.5. The van der Waals surface area contributed by atoms with Gasteiger partial charge in [-0.25, -0.2) is 4.79 Å². The summed E-state index contributed by atoms with van der Waals surface area (Å²) >= 11 is 0. The van der Waals surface area contributed by atoms with Crippen molar-refractivity contribution < 1.29 is 14.7 Å². The van der Waals surface area contributed by atoms with E-state index in [-0.39, 0.29) is 12.6 Å². The second-order valence-electron chi connectivity index (χ2n) is 5.12. The third kappa shape index (κ3) is 3.31. The summed E-state index contributed by atoms with van der Waals surface area (Å²) in [6.45, 7) is 0.817. The zero-order valence-corrected chi connectivity index (χ0v) is 11.8. The van der Waals surface area contributed by atoms with Crippen molar-refractivity contribution in [1.29, 1.82) is 5.26 Å². The SMILES string of the molecule is CN(C(=O)N1CCCC(C(=O)O)C1)c1ccc(C#N)cc1. The van der Waals surface area contributed by atoms with Gasteiger partial charge >= 0.3 is 12.0 Å². The molecule has 0 radical (unpaired) electrons. The lowest BCUT2D eigenvalue weighted by Crippen LogP contribution is -2.47. The van der Waals surface area contributed by atoms with E-state index < -0.39 is 11.9 Å². The Morgan fingerprint density at radius 1 is 1.38 bits per heavy atom. The van der Waals surface area contributed by atoms with Crippen molar-refractivity contribution >= 4 is 17.7 Å². The molecule has 1 aliphatic rings. The van der Waals surface area contributed by atoms with Gasteiger partial charge in [-0.05, 0) is 37.1 Å². The van der Waals surface area contributed by atoms with E-state index in [4.69, 9.17) is 10.4 Å². The minimum atomic E-state index is -0.853. The van der Waals surface area contributed by atoms with Crippen LogP contribution in [0.3, 0.4) is 0 Å². The van der Waals surface area contributed by atoms with E-state index in [0.717, 1.165) is 0 Å². The molecule has 0 bridgehead atoms. The molecule has 0 aromatic heterocycles. The highest BCUT2D eigenvalue weighted by molar-refractivity contribution is 5.91. The van der Waals surface area contributed by atoms with Crippen LogP contribution in [0.1, 0.15) is 18.4 Å². The van der Waals surface area contributed by atoms with Crippen molar-refractivity contribution in [2.24, 2.45) is 5.92 Å². The number of benzene rings is 1. The monoisotopic (exact) mass is 287 g/mol. The standard InChI is InChI=1S/C15H17N3O3/c1-17(13-6-4-11(9-16)5-7-13)15(21)18-8-2-3-12(10-18)14(19)20/h4-7,12H,2-3,8,10H2,1H3,(H,19,20). The average Bonchev–Trinajstić information content (AvgIpc) is 2.53. The lowest BCUT2D eigenvalue weighted by molar-refractivity contribution is -0.143. The van der Waals surface area contributed by atoms with Gasteiger partial charge in [0.25, 0.3) is 0 Å². The molecule has 110 valence electrons. The fourth-order valence-electron chi connectivity index (χ4n) is 2.43. The molecule has 1 heterocycles. The number of carboxylic acids is 1. The van der Waals surface area contributed by atoms with Gasteiger partial charge in [0, 0.05) is 25.8 Å². The molecule has 0 aliphatic carbocycles. The number of amides is 2. The molecule has 1 atom stereocenters. The van der Waals surface area contributed by atoms with E-state index in [1.165, 1.54) is 4.90 Å². The van der Waals surface area contributed by atoms with Crippen LogP contribution in [0.2, 0.25) is 0 Å². The van der Waals surface area contributed by atoms with Crippen molar-refractivity contribution in [3.8, 4) is 6.07 Å². The number of urea groups is 1. The summed E-state index contributed by atoms with van der Waals surface area (Å²) in [6, 6.07) is 8.51. The highest BCUT2D eigenvalue weighted by Crippen LogP contribution is 2.20. The second kappa shape index (κ2) is 6.27. The maximum absolute atomic E-state index is 12.4. The highest BCUT2D eigenvalue weighted by Gasteiger charge is 2.29. The van der Waals surface area contributed by atoms with Gasteiger partial charge < -0.3 is 10.0 Å². The highest BCUT2D eigenvalue weighted by atomic mass is 16.4. The molecule has 1 saturated heterocycles. The normalized spacial score (nSPS) is 17.9. The van der Waals surface area contributed by atoms with Gasteiger partial charge in [0.1, 0.15) is 0 Å². The Hall–Kier alpha value is -2.55. The van der Waals surface area contributed by atoms with E-state index in [1.54, 1.807) is 36.2 Å². The van der Waals surface area contributed by atoms with Gasteiger partial charge in [0.2, 0.25) is 0 Å². The number of nitriles is 1. The number of piperidine rings is 1. The van der Waals surface area contributed by atoms with E-state index in [9.17, 15) is 9.59 Å². The lowest BCUT2D eigenvalue weighted by Gasteiger charge is -2.33. The number of rotatable bonds is 2. The number of carboxylic acid groups (broad SMARTS) is 1. The Bertz CT molecular complexity index is 577. The number of anilines is 1. The number of carbonyl (C=O) groups is 2. The number of aliphatic carboxylic acids is 1. The van der Waals surface area contributed by atoms with Crippen LogP contribution >= 0.6 is 0 Å². The molecule has 1 N–H and O–H groups in total. The molecule has 0 saturated carbocycles. The fourth-order valence-corrected chi connectivity index (χ4v) is 2.43. The summed E-state index contributed by atoms with van der Waals surface area (Å²) < 4.78 is 0. The van der Waals surface area contributed by atoms with Crippen LogP contribution in [0.4, 0.5) is 10.5 Å². The van der Waals surface area contributed by atoms with Crippen LogP contribution in [-0.2, 0) is 4.79 Å². The minimum absolute atomic E-state index is 0.217. The first-order valence-corrected chi connectivity index (χ1v) is 6.78. The van der Waals surface area contributed by atoms with Crippen LogP contribution in [0.25, 0.3) is 0 Å². The Balaban J connectivity index is 2.07. The molecule has 1 aromatic rings. The van der Waals surface area contributed by atoms with Gasteiger partial charge in [0.15, 0.2) is 0 Å². The first kappa shape index (κ1) is 14.9. The predicted octanol–water partition coefficient (Wildman–Crippen LogP) is 1.91. The second-order valence-corrected chi connectivity index (χ2v) is 5.12. The average molecular weight is 287 g/mol. The Kier molecular flexibility index (Phi) is 4.43. The predicted molar refractivity (Wildman–Crippen MR) is 76.9 cm³/mol. The fraction of sp³-hybridized carbons (Fsp3) is 0.400. The van der Waals surface area contributed by atoms with Crippen LogP contribution < -0.4 is 4.90 Å². The third-order valence-corrected chi connectivity index (χ3v) is 3.71. The largest absolute Gasteiger partial charge is 0.481 e. The van der Waals surface area contributed by atoms with Crippen molar-refractivity contribution in [3.05, 3.63) is 29.8 Å². The van der Waals surface area contributed by atoms with E-state index in [2.05, 4.69) is 0 Å². The lowest BCUT2D eigenvalue weighted by atomic mass is 9.98. The molecule has 2 rings (SSSR count). The molecule has 6 nitrogen and oxygen atoms in total. The van der Waals surface area contributed by atoms with Gasteiger partial charge in [0.05, 0.1) is 17.6 Å². The molecule has 6 heteroatoms. The topological polar surface area (TPSA) is 84.6 Å². The molecule has 1 fully saturated rings. The Labute approximate surface area is 123 Å². The van der Waals surface area contributed by atoms with Crippen molar-refractivity contribution in [3.63, 3.8) is 0 Å². The van der Waals surface area contributed by atoms with Crippen molar-refractivity contribution in [2.45, 2.75) is 12.8 Å². The molecule has 1 unspecified atom stereocenters. The first-order chi connectivity index (χ1) is 10.0. The van der Waals surface area contributed by atoms with Gasteiger partial charge in [-0.3, -0.25) is 9.69 Å². The van der Waals surface area contributed by atoms with Gasteiger partial charge in [-0.1, -0.05) is 0 Å². The number of carbonyl (C=O) groups excluding carboxylic acids is 1. The van der Waals surface area contributed by atoms with Crippen LogP contribution in [-0.4, -0.2) is 42.1 Å². The molecule has 2 amide bonds. The van der Waals surface area contributed by atoms with Crippen LogP contribution in [0, 0.1) is 17.2 Å². The van der Waals surface area contributed by atoms with Crippen molar-refractivity contribution in [2.75, 3.05) is 25.0 Å². The molecular weight excluding hydrogens is 270 g/mol. The quantitative estimate of drug-likeness (QED) is 0.900. The molecule has 0 spiro atoms. The molecule has 21 heavy (non-hydrogen) atoms. The minimum Gasteiger partial charge on any atom is -0.481 e. The Morgan fingerprint density at radius 2 is 2.05 bits per heavy atom. The van der Waals surface area contributed by atoms with Crippen LogP contribution in [0.15, 0.2) is 24.3 Å². The van der Waals surface area contributed by atoms with Gasteiger partial charge in [-0.15, -0.1) is 0 Å². The van der Waals surface area contributed by atoms with Crippen LogP contribution in [0.5, 0.6) is 0 Å². The number of hydrogen-bond acceptors (Lipinski definition) is 3. The molecule has 1 aliphatic heterocycles. The Morgan fingerprint density at radius 3 is 2.62 bits per heavy atom. The number of nitrogens with zero attached hydrogens (tertiary/aromatic N) is 3. The van der Waals surface area contributed by atoms with E-state index >= 15 is 0 Å². The zero-order valence-electron chi connectivity index (χ0n) is 11.8. The summed E-state index contributed by atoms with van der Waals surface area (Å²) in [5.74, 6) is -1.34. The number of hydrogen-bond donors (Lipinski definition) is 1. The zero-order chi connectivity index (χ0) is 15.4. The van der Waals surface area contributed by atoms with E-state index in [0.29, 0.717) is 30.6 Å². The van der Waals surface area contributed by atoms with Gasteiger partial charge in [-0.2, -0.15) is 5.26 Å². The summed E-state index contributed by atoms with van der Waals surface area (Å²) in [7, 11) is 1.65. The summed E-state index contributed by atoms with van der Waals surface area (Å²) in [5, 5.41) is 17.8. The van der Waals surface area contributed by atoms with E-state index in [1.807, 2.05) is 6.07 Å². The first-order valence-electron chi connectivity index (χ1n) is 6.78. The summed E-state index contributed by atoms with van der Waals surface area (Å²) in [5.41, 5.74) is 1.21. The number of likely N-dealkylation sites (tertiary alicyclic amines) is 1. The molecular formula is C15H17N3O3. The third-order valence-electron chi connectivity index (χ3n) is 3.71.